The molecule has 0 fully saturated rings. The maximum absolute atomic E-state index is 10.8. The molecule has 0 unspecified atom stereocenters. The number of nitrogens with one attached hydrogen (secondary N) is 1. The molecule has 0 aromatic heterocycles. The lowest BCUT2D eigenvalue weighted by Gasteiger charge is -2.08. The fourth-order valence-electron chi connectivity index (χ4n) is 1.75. The Hall–Kier alpha value is -1.40. The molecule has 0 bridgehead atoms. The standard InChI is InChI=1S/C14H12Br2N2O2/c1-9-2-3-12(7-14(9)16)17-8-10-4-11(15)6-13(5-10)18(19)20/h2-7,17H,8H2,1H3. The second-order valence-electron chi connectivity index (χ2n) is 4.39. The summed E-state index contributed by atoms with van der Waals surface area (Å²) in [7, 11) is 0. The molecule has 0 aliphatic heterocycles. The van der Waals surface area contributed by atoms with Gasteiger partial charge in [-0.05, 0) is 36.2 Å². The van der Waals surface area contributed by atoms with Crippen molar-refractivity contribution >= 4 is 43.2 Å². The number of hydrogen-bond acceptors (Lipinski definition) is 3. The Bertz CT molecular complexity index is 660. The van der Waals surface area contributed by atoms with Crippen molar-refractivity contribution in [2.45, 2.75) is 13.5 Å². The Kier molecular flexibility index (Phi) is 4.77. The number of non-ortho nitro benzene ring substituents is 1. The highest BCUT2D eigenvalue weighted by atomic mass is 79.9. The highest BCUT2D eigenvalue weighted by Gasteiger charge is 2.08. The zero-order valence-corrected chi connectivity index (χ0v) is 13.9. The second kappa shape index (κ2) is 6.37. The normalized spacial score (nSPS) is 10.3. The molecule has 0 heterocycles. The first-order valence-electron chi connectivity index (χ1n) is 5.89. The number of benzene rings is 2. The van der Waals surface area contributed by atoms with E-state index < -0.39 is 4.92 Å². The van der Waals surface area contributed by atoms with Crippen molar-refractivity contribution in [2.24, 2.45) is 0 Å². The first kappa shape index (κ1) is 15.0. The molecule has 0 aliphatic rings. The molecule has 0 radical (unpaired) electrons. The zero-order valence-electron chi connectivity index (χ0n) is 10.7. The number of hydrogen-bond donors (Lipinski definition) is 1. The number of rotatable bonds is 4. The van der Waals surface area contributed by atoms with E-state index in [0.717, 1.165) is 21.3 Å². The van der Waals surface area contributed by atoms with Crippen molar-refractivity contribution in [3.8, 4) is 0 Å². The van der Waals surface area contributed by atoms with Crippen LogP contribution in [0.4, 0.5) is 11.4 Å². The van der Waals surface area contributed by atoms with Gasteiger partial charge in [0.15, 0.2) is 0 Å². The van der Waals surface area contributed by atoms with E-state index in [1.54, 1.807) is 6.07 Å². The molecule has 0 saturated heterocycles. The summed E-state index contributed by atoms with van der Waals surface area (Å²) in [5, 5.41) is 14.1. The Morgan fingerprint density at radius 2 is 1.95 bits per heavy atom. The Balaban J connectivity index is 2.14. The third-order valence-electron chi connectivity index (χ3n) is 2.82. The summed E-state index contributed by atoms with van der Waals surface area (Å²) in [6.45, 7) is 2.54. The van der Waals surface area contributed by atoms with Crippen LogP contribution >= 0.6 is 31.9 Å². The Morgan fingerprint density at radius 1 is 1.20 bits per heavy atom. The monoisotopic (exact) mass is 398 g/mol. The first-order valence-corrected chi connectivity index (χ1v) is 7.48. The van der Waals surface area contributed by atoms with Crippen LogP contribution in [0.5, 0.6) is 0 Å². The van der Waals surface area contributed by atoms with Gasteiger partial charge in [-0.25, -0.2) is 0 Å². The minimum atomic E-state index is -0.392. The minimum absolute atomic E-state index is 0.0845. The van der Waals surface area contributed by atoms with E-state index in [-0.39, 0.29) is 5.69 Å². The van der Waals surface area contributed by atoms with Gasteiger partial charge in [-0.3, -0.25) is 10.1 Å². The van der Waals surface area contributed by atoms with E-state index in [0.29, 0.717) is 11.0 Å². The maximum atomic E-state index is 10.8. The molecule has 2 rings (SSSR count). The number of nitro benzene ring substituents is 1. The fourth-order valence-corrected chi connectivity index (χ4v) is 2.66. The molecule has 0 saturated carbocycles. The van der Waals surface area contributed by atoms with Gasteiger partial charge in [-0.2, -0.15) is 0 Å². The number of nitro groups is 1. The van der Waals surface area contributed by atoms with Gasteiger partial charge in [0.2, 0.25) is 0 Å². The van der Waals surface area contributed by atoms with Crippen molar-refractivity contribution < 1.29 is 4.92 Å². The van der Waals surface area contributed by atoms with Gasteiger partial charge < -0.3 is 5.32 Å². The minimum Gasteiger partial charge on any atom is -0.381 e. The van der Waals surface area contributed by atoms with Crippen LogP contribution in [0.3, 0.4) is 0 Å². The van der Waals surface area contributed by atoms with Gasteiger partial charge in [0.25, 0.3) is 5.69 Å². The van der Waals surface area contributed by atoms with Gasteiger partial charge in [0.1, 0.15) is 0 Å². The van der Waals surface area contributed by atoms with E-state index >= 15 is 0 Å². The quantitative estimate of drug-likeness (QED) is 0.578. The largest absolute Gasteiger partial charge is 0.381 e. The third-order valence-corrected chi connectivity index (χ3v) is 4.13. The van der Waals surface area contributed by atoms with Gasteiger partial charge >= 0.3 is 0 Å². The number of aryl methyl sites for hydroxylation is 1. The van der Waals surface area contributed by atoms with Crippen LogP contribution < -0.4 is 5.32 Å². The van der Waals surface area contributed by atoms with Crippen LogP contribution in [-0.2, 0) is 6.54 Å². The van der Waals surface area contributed by atoms with E-state index in [2.05, 4.69) is 37.2 Å². The molecule has 6 heteroatoms. The molecule has 20 heavy (non-hydrogen) atoms. The lowest BCUT2D eigenvalue weighted by molar-refractivity contribution is -0.385. The van der Waals surface area contributed by atoms with Crippen LogP contribution in [0.2, 0.25) is 0 Å². The summed E-state index contributed by atoms with van der Waals surface area (Å²) < 4.78 is 1.73. The lowest BCUT2D eigenvalue weighted by Crippen LogP contribution is -2.00. The second-order valence-corrected chi connectivity index (χ2v) is 6.16. The number of nitrogens with zero attached hydrogens (tertiary/aromatic N) is 1. The molecule has 0 aliphatic carbocycles. The molecule has 4 nitrogen and oxygen atoms in total. The van der Waals surface area contributed by atoms with E-state index in [1.165, 1.54) is 6.07 Å². The fraction of sp³-hybridized carbons (Fsp3) is 0.143. The Morgan fingerprint density at radius 3 is 2.60 bits per heavy atom. The summed E-state index contributed by atoms with van der Waals surface area (Å²) >= 11 is 6.77. The zero-order chi connectivity index (χ0) is 14.7. The average Bonchev–Trinajstić information content (AvgIpc) is 2.39. The van der Waals surface area contributed by atoms with Crippen LogP contribution in [0.1, 0.15) is 11.1 Å². The number of anilines is 1. The van der Waals surface area contributed by atoms with Gasteiger partial charge in [0, 0.05) is 33.3 Å². The smallest absolute Gasteiger partial charge is 0.270 e. The van der Waals surface area contributed by atoms with Gasteiger partial charge in [0.05, 0.1) is 4.92 Å². The first-order chi connectivity index (χ1) is 9.45. The highest BCUT2D eigenvalue weighted by molar-refractivity contribution is 9.10. The molecule has 0 spiro atoms. The molecule has 2 aromatic carbocycles. The van der Waals surface area contributed by atoms with Crippen molar-refractivity contribution in [1.82, 2.24) is 0 Å². The summed E-state index contributed by atoms with van der Waals surface area (Å²) in [5.41, 5.74) is 3.06. The molecule has 0 atom stereocenters. The van der Waals surface area contributed by atoms with Crippen LogP contribution in [0.15, 0.2) is 45.3 Å². The van der Waals surface area contributed by atoms with Crippen molar-refractivity contribution in [2.75, 3.05) is 5.32 Å². The summed E-state index contributed by atoms with van der Waals surface area (Å²) in [4.78, 5) is 10.4. The number of halogens is 2. The highest BCUT2D eigenvalue weighted by Crippen LogP contribution is 2.24. The van der Waals surface area contributed by atoms with Gasteiger partial charge in [-0.15, -0.1) is 0 Å². The lowest BCUT2D eigenvalue weighted by atomic mass is 10.2. The molecule has 2 aromatic rings. The summed E-state index contributed by atoms with van der Waals surface area (Å²) in [6.07, 6.45) is 0. The van der Waals surface area contributed by atoms with Gasteiger partial charge in [-0.1, -0.05) is 37.9 Å². The summed E-state index contributed by atoms with van der Waals surface area (Å²) in [5.74, 6) is 0. The SMILES string of the molecule is Cc1ccc(NCc2cc(Br)cc([N+](=O)[O-])c2)cc1Br. The predicted octanol–water partition coefficient (Wildman–Crippen LogP) is 5.04. The van der Waals surface area contributed by atoms with Crippen molar-refractivity contribution in [3.63, 3.8) is 0 Å². The molecule has 0 amide bonds. The summed E-state index contributed by atoms with van der Waals surface area (Å²) in [6, 6.07) is 10.9. The van der Waals surface area contributed by atoms with Crippen LogP contribution in [0, 0.1) is 17.0 Å². The van der Waals surface area contributed by atoms with Crippen LogP contribution in [-0.4, -0.2) is 4.92 Å². The molecule has 104 valence electrons. The van der Waals surface area contributed by atoms with E-state index in [1.807, 2.05) is 31.2 Å². The van der Waals surface area contributed by atoms with E-state index in [9.17, 15) is 10.1 Å². The molecule has 1 N–H and O–H groups in total. The maximum Gasteiger partial charge on any atom is 0.270 e. The van der Waals surface area contributed by atoms with E-state index in [4.69, 9.17) is 0 Å². The molecular weight excluding hydrogens is 388 g/mol. The molecular formula is C14H12Br2N2O2. The Labute approximate surface area is 133 Å². The van der Waals surface area contributed by atoms with Crippen molar-refractivity contribution in [3.05, 3.63) is 66.6 Å². The average molecular weight is 400 g/mol. The third kappa shape index (κ3) is 3.80. The predicted molar refractivity (Wildman–Crippen MR) is 87.0 cm³/mol. The van der Waals surface area contributed by atoms with Crippen LogP contribution in [0.25, 0.3) is 0 Å². The van der Waals surface area contributed by atoms with Crippen molar-refractivity contribution in [1.29, 1.82) is 0 Å². The topological polar surface area (TPSA) is 55.2 Å².